The monoisotopic (exact) mass is 339 g/mol. The molecular weight excluding hydrogens is 318 g/mol. The molecule has 1 aliphatic heterocycles. The van der Waals surface area contributed by atoms with E-state index in [2.05, 4.69) is 5.32 Å². The van der Waals surface area contributed by atoms with E-state index in [9.17, 15) is 14.7 Å². The van der Waals surface area contributed by atoms with Gasteiger partial charge in [0.15, 0.2) is 6.10 Å². The van der Waals surface area contributed by atoms with Crippen LogP contribution < -0.4 is 14.8 Å². The van der Waals surface area contributed by atoms with Crippen molar-refractivity contribution >= 4 is 23.6 Å². The normalized spacial score (nSPS) is 17.8. The summed E-state index contributed by atoms with van der Waals surface area (Å²) >= 11 is 1.70. The maximum absolute atomic E-state index is 12.3. The van der Waals surface area contributed by atoms with Crippen LogP contribution in [0.15, 0.2) is 24.3 Å². The second-order valence-electron chi connectivity index (χ2n) is 5.42. The number of aliphatic carboxylic acids is 1. The van der Waals surface area contributed by atoms with E-state index in [0.29, 0.717) is 24.3 Å². The van der Waals surface area contributed by atoms with Crippen molar-refractivity contribution in [2.24, 2.45) is 0 Å². The fourth-order valence-electron chi connectivity index (χ4n) is 2.36. The number of thioether (sulfide) groups is 1. The molecule has 0 radical (unpaired) electrons. The number of rotatable bonds is 6. The van der Waals surface area contributed by atoms with Crippen LogP contribution in [0.5, 0.6) is 11.5 Å². The van der Waals surface area contributed by atoms with Crippen molar-refractivity contribution in [3.05, 3.63) is 24.3 Å². The summed E-state index contributed by atoms with van der Waals surface area (Å²) in [6.45, 7) is 1.60. The van der Waals surface area contributed by atoms with Gasteiger partial charge in [-0.2, -0.15) is 11.8 Å². The molecule has 0 bridgehead atoms. The lowest BCUT2D eigenvalue weighted by Crippen LogP contribution is -2.58. The topological polar surface area (TPSA) is 84.9 Å². The van der Waals surface area contributed by atoms with E-state index in [1.807, 2.05) is 0 Å². The number of hydrogen-bond acceptors (Lipinski definition) is 5. The summed E-state index contributed by atoms with van der Waals surface area (Å²) < 4.78 is 10.6. The number of carbonyl (C=O) groups is 2. The fraction of sp³-hybridized carbons (Fsp3) is 0.500. The molecule has 0 spiro atoms. The van der Waals surface area contributed by atoms with Crippen LogP contribution in [0.2, 0.25) is 0 Å². The molecule has 1 aromatic carbocycles. The van der Waals surface area contributed by atoms with Gasteiger partial charge in [-0.1, -0.05) is 0 Å². The molecular formula is C16H21NO5S. The molecule has 1 amide bonds. The number of carboxylic acids is 1. The van der Waals surface area contributed by atoms with Gasteiger partial charge in [0.1, 0.15) is 17.0 Å². The van der Waals surface area contributed by atoms with Gasteiger partial charge < -0.3 is 19.9 Å². The van der Waals surface area contributed by atoms with Crippen molar-refractivity contribution in [1.82, 2.24) is 5.32 Å². The van der Waals surface area contributed by atoms with Crippen molar-refractivity contribution in [3.8, 4) is 11.5 Å². The van der Waals surface area contributed by atoms with Crippen molar-refractivity contribution in [1.29, 1.82) is 0 Å². The Morgan fingerprint density at radius 1 is 1.22 bits per heavy atom. The smallest absolute Gasteiger partial charge is 0.329 e. The van der Waals surface area contributed by atoms with E-state index >= 15 is 0 Å². The van der Waals surface area contributed by atoms with Crippen LogP contribution in [0.3, 0.4) is 0 Å². The summed E-state index contributed by atoms with van der Waals surface area (Å²) in [5, 5.41) is 12.2. The van der Waals surface area contributed by atoms with Crippen LogP contribution in [0, 0.1) is 0 Å². The number of amides is 1. The van der Waals surface area contributed by atoms with E-state index in [1.165, 1.54) is 0 Å². The summed E-state index contributed by atoms with van der Waals surface area (Å²) in [6.07, 6.45) is 0.0660. The molecule has 2 N–H and O–H groups in total. The Hall–Kier alpha value is -1.89. The third-order valence-corrected chi connectivity index (χ3v) is 4.85. The maximum atomic E-state index is 12.3. The number of carboxylic acid groups (broad SMARTS) is 1. The van der Waals surface area contributed by atoms with Gasteiger partial charge in [0.2, 0.25) is 0 Å². The molecule has 0 saturated carbocycles. The Morgan fingerprint density at radius 2 is 1.78 bits per heavy atom. The predicted octanol–water partition coefficient (Wildman–Crippen LogP) is 1.93. The minimum atomic E-state index is -1.18. The standard InChI is InChI=1S/C16H21NO5S/c1-11(22-13-5-3-12(21-2)4-6-13)14(18)17-16(15(19)20)7-9-23-10-8-16/h3-6,11H,7-10H2,1-2H3,(H,17,18)(H,19,20). The number of methoxy groups -OCH3 is 1. The van der Waals surface area contributed by atoms with E-state index in [0.717, 1.165) is 11.5 Å². The molecule has 2 rings (SSSR count). The Balaban J connectivity index is 1.99. The van der Waals surface area contributed by atoms with Crippen LogP contribution in [-0.4, -0.2) is 47.2 Å². The Bertz CT molecular complexity index is 554. The Labute approximate surface area is 139 Å². The number of nitrogens with one attached hydrogen (secondary N) is 1. The molecule has 1 aliphatic rings. The molecule has 0 aliphatic carbocycles. The third-order valence-electron chi connectivity index (χ3n) is 3.86. The van der Waals surface area contributed by atoms with Gasteiger partial charge in [0, 0.05) is 0 Å². The number of carbonyl (C=O) groups excluding carboxylic acids is 1. The largest absolute Gasteiger partial charge is 0.497 e. The zero-order chi connectivity index (χ0) is 16.9. The molecule has 0 aromatic heterocycles. The number of hydrogen-bond donors (Lipinski definition) is 2. The van der Waals surface area contributed by atoms with E-state index in [-0.39, 0.29) is 0 Å². The summed E-state index contributed by atoms with van der Waals surface area (Å²) in [5.41, 5.74) is -1.18. The van der Waals surface area contributed by atoms with Gasteiger partial charge in [-0.15, -0.1) is 0 Å². The average Bonchev–Trinajstić information content (AvgIpc) is 2.56. The summed E-state index contributed by atoms with van der Waals surface area (Å²) in [5.74, 6) is 1.26. The van der Waals surface area contributed by atoms with Crippen molar-refractivity contribution in [2.75, 3.05) is 18.6 Å². The first kappa shape index (κ1) is 17.5. The first-order valence-electron chi connectivity index (χ1n) is 7.41. The van der Waals surface area contributed by atoms with Gasteiger partial charge >= 0.3 is 5.97 Å². The lowest BCUT2D eigenvalue weighted by molar-refractivity contribution is -0.149. The predicted molar refractivity (Wildman–Crippen MR) is 88.2 cm³/mol. The van der Waals surface area contributed by atoms with Crippen LogP contribution in [-0.2, 0) is 9.59 Å². The van der Waals surface area contributed by atoms with Gasteiger partial charge in [-0.25, -0.2) is 4.79 Å². The van der Waals surface area contributed by atoms with Gasteiger partial charge in [-0.3, -0.25) is 4.79 Å². The van der Waals surface area contributed by atoms with E-state index in [1.54, 1.807) is 50.1 Å². The van der Waals surface area contributed by atoms with Crippen molar-refractivity contribution in [2.45, 2.75) is 31.4 Å². The SMILES string of the molecule is COc1ccc(OC(C)C(=O)NC2(C(=O)O)CCSCC2)cc1. The van der Waals surface area contributed by atoms with Crippen LogP contribution >= 0.6 is 11.8 Å². The first-order valence-corrected chi connectivity index (χ1v) is 8.56. The average molecular weight is 339 g/mol. The highest BCUT2D eigenvalue weighted by Crippen LogP contribution is 2.27. The highest BCUT2D eigenvalue weighted by Gasteiger charge is 2.42. The molecule has 1 fully saturated rings. The number of ether oxygens (including phenoxy) is 2. The molecule has 1 saturated heterocycles. The van der Waals surface area contributed by atoms with Gasteiger partial charge in [-0.05, 0) is 55.5 Å². The molecule has 23 heavy (non-hydrogen) atoms. The fourth-order valence-corrected chi connectivity index (χ4v) is 3.55. The zero-order valence-electron chi connectivity index (χ0n) is 13.2. The lowest BCUT2D eigenvalue weighted by Gasteiger charge is -2.34. The van der Waals surface area contributed by atoms with Crippen LogP contribution in [0.1, 0.15) is 19.8 Å². The quantitative estimate of drug-likeness (QED) is 0.824. The van der Waals surface area contributed by atoms with Crippen molar-refractivity contribution in [3.63, 3.8) is 0 Å². The maximum Gasteiger partial charge on any atom is 0.329 e. The molecule has 6 nitrogen and oxygen atoms in total. The number of benzene rings is 1. The van der Waals surface area contributed by atoms with E-state index < -0.39 is 23.5 Å². The van der Waals surface area contributed by atoms with E-state index in [4.69, 9.17) is 9.47 Å². The minimum Gasteiger partial charge on any atom is -0.497 e. The summed E-state index contributed by atoms with van der Waals surface area (Å²) in [6, 6.07) is 6.87. The molecule has 1 heterocycles. The summed E-state index contributed by atoms with van der Waals surface area (Å²) in [7, 11) is 1.57. The minimum absolute atomic E-state index is 0.421. The second kappa shape index (κ2) is 7.59. The molecule has 1 aromatic rings. The second-order valence-corrected chi connectivity index (χ2v) is 6.65. The first-order chi connectivity index (χ1) is 11.0. The van der Waals surface area contributed by atoms with Crippen molar-refractivity contribution < 1.29 is 24.2 Å². The van der Waals surface area contributed by atoms with Gasteiger partial charge in [0.05, 0.1) is 7.11 Å². The third kappa shape index (κ3) is 4.31. The lowest BCUT2D eigenvalue weighted by atomic mass is 9.92. The summed E-state index contributed by atoms with van der Waals surface area (Å²) in [4.78, 5) is 23.9. The van der Waals surface area contributed by atoms with Crippen LogP contribution in [0.25, 0.3) is 0 Å². The molecule has 7 heteroatoms. The molecule has 126 valence electrons. The highest BCUT2D eigenvalue weighted by atomic mass is 32.2. The Kier molecular flexibility index (Phi) is 5.76. The molecule has 1 atom stereocenters. The Morgan fingerprint density at radius 3 is 2.30 bits per heavy atom. The van der Waals surface area contributed by atoms with Gasteiger partial charge in [0.25, 0.3) is 5.91 Å². The zero-order valence-corrected chi connectivity index (χ0v) is 14.0. The highest BCUT2D eigenvalue weighted by molar-refractivity contribution is 7.99. The molecule has 1 unspecified atom stereocenters. The van der Waals surface area contributed by atoms with Crippen LogP contribution in [0.4, 0.5) is 0 Å².